The van der Waals surface area contributed by atoms with Gasteiger partial charge in [0.1, 0.15) is 17.5 Å². The van der Waals surface area contributed by atoms with Crippen LogP contribution in [0.15, 0.2) is 53.0 Å². The van der Waals surface area contributed by atoms with Crippen molar-refractivity contribution in [2.75, 3.05) is 0 Å². The van der Waals surface area contributed by atoms with Crippen LogP contribution >= 0.6 is 15.9 Å². The zero-order valence-corrected chi connectivity index (χ0v) is 16.2. The van der Waals surface area contributed by atoms with E-state index in [0.717, 1.165) is 10.0 Å². The number of Topliss-reactive ketones (excluding diaryl/α,β-unsaturated/α-hetero) is 2. The Hall–Kier alpha value is -2.27. The van der Waals surface area contributed by atoms with Gasteiger partial charge < -0.3 is 4.74 Å². The van der Waals surface area contributed by atoms with Gasteiger partial charge in [-0.3, -0.25) is 14.4 Å². The number of ketones is 2. The van der Waals surface area contributed by atoms with Crippen LogP contribution in [-0.2, 0) is 9.59 Å². The topological polar surface area (TPSA) is 60.4 Å². The van der Waals surface area contributed by atoms with Crippen LogP contribution in [0.1, 0.15) is 42.1 Å². The van der Waals surface area contributed by atoms with Crippen molar-refractivity contribution >= 4 is 33.5 Å². The Labute approximate surface area is 160 Å². The predicted molar refractivity (Wildman–Crippen MR) is 101 cm³/mol. The van der Waals surface area contributed by atoms with E-state index in [9.17, 15) is 14.4 Å². The molecule has 1 aliphatic rings. The fraction of sp³-hybridized carbons (Fsp3) is 0.286. The molecule has 0 fully saturated rings. The first-order valence-corrected chi connectivity index (χ1v) is 9.34. The molecule has 0 bridgehead atoms. The largest absolute Gasteiger partial charge is 0.426 e. The number of carbonyl (C=O) groups excluding carboxylic acids is 3. The molecule has 3 atom stereocenters. The maximum absolute atomic E-state index is 13.2. The van der Waals surface area contributed by atoms with Crippen molar-refractivity contribution in [3.05, 3.63) is 64.1 Å². The maximum atomic E-state index is 13.2. The summed E-state index contributed by atoms with van der Waals surface area (Å²) in [5, 5.41) is 0. The summed E-state index contributed by atoms with van der Waals surface area (Å²) in [4.78, 5) is 37.9. The Morgan fingerprint density at radius 2 is 1.85 bits per heavy atom. The Morgan fingerprint density at radius 1 is 1.15 bits per heavy atom. The van der Waals surface area contributed by atoms with Crippen molar-refractivity contribution in [1.82, 2.24) is 0 Å². The second-order valence-electron chi connectivity index (χ2n) is 6.46. The third-order valence-corrected chi connectivity index (χ3v) is 5.35. The van der Waals surface area contributed by atoms with E-state index in [0.29, 0.717) is 17.7 Å². The number of esters is 1. The molecular formula is C21H19BrO4. The number of rotatable bonds is 5. The van der Waals surface area contributed by atoms with Crippen LogP contribution in [0.5, 0.6) is 5.75 Å². The highest BCUT2D eigenvalue weighted by Gasteiger charge is 2.46. The zero-order chi connectivity index (χ0) is 18.8. The van der Waals surface area contributed by atoms with E-state index >= 15 is 0 Å². The lowest BCUT2D eigenvalue weighted by atomic mass is 9.70. The van der Waals surface area contributed by atoms with E-state index in [1.54, 1.807) is 24.3 Å². The predicted octanol–water partition coefficient (Wildman–Crippen LogP) is 4.57. The molecule has 2 aromatic carbocycles. The number of benzene rings is 2. The first kappa shape index (κ1) is 18.5. The third-order valence-electron chi connectivity index (χ3n) is 4.86. The van der Waals surface area contributed by atoms with Crippen LogP contribution in [0, 0.1) is 11.8 Å². The summed E-state index contributed by atoms with van der Waals surface area (Å²) in [5.74, 6) is -2.54. The summed E-state index contributed by atoms with van der Waals surface area (Å²) in [6.45, 7) is 3.28. The lowest BCUT2D eigenvalue weighted by molar-refractivity contribution is -0.146. The summed E-state index contributed by atoms with van der Waals surface area (Å²) in [6.07, 6.45) is 0.515. The van der Waals surface area contributed by atoms with Crippen molar-refractivity contribution in [3.63, 3.8) is 0 Å². The van der Waals surface area contributed by atoms with Crippen LogP contribution in [0.25, 0.3) is 0 Å². The minimum Gasteiger partial charge on any atom is -0.426 e. The molecule has 0 saturated carbocycles. The van der Waals surface area contributed by atoms with Gasteiger partial charge in [0.25, 0.3) is 0 Å². The molecular weight excluding hydrogens is 396 g/mol. The molecule has 5 heteroatoms. The highest BCUT2D eigenvalue weighted by atomic mass is 79.9. The van der Waals surface area contributed by atoms with Crippen LogP contribution in [0.3, 0.4) is 0 Å². The first-order chi connectivity index (χ1) is 12.4. The van der Waals surface area contributed by atoms with Gasteiger partial charge in [-0.05, 0) is 31.5 Å². The standard InChI is InChI=1S/C21H19BrO4/c1-3-15(20(24)13-7-5-4-6-8-13)19-16-11-14(22)9-10-17(16)26-21(25)18(19)12(2)23/h4-11,15,18-19H,3H2,1-2H3. The van der Waals surface area contributed by atoms with Crippen molar-refractivity contribution in [1.29, 1.82) is 0 Å². The van der Waals surface area contributed by atoms with Gasteiger partial charge in [-0.1, -0.05) is 53.2 Å². The van der Waals surface area contributed by atoms with Gasteiger partial charge >= 0.3 is 5.97 Å². The van der Waals surface area contributed by atoms with Gasteiger partial charge in [0.05, 0.1) is 0 Å². The smallest absolute Gasteiger partial charge is 0.322 e. The quantitative estimate of drug-likeness (QED) is 0.311. The summed E-state index contributed by atoms with van der Waals surface area (Å²) < 4.78 is 6.19. The monoisotopic (exact) mass is 414 g/mol. The van der Waals surface area contributed by atoms with Crippen molar-refractivity contribution < 1.29 is 19.1 Å². The third kappa shape index (κ3) is 3.36. The molecule has 1 aliphatic heterocycles. The highest BCUT2D eigenvalue weighted by molar-refractivity contribution is 9.10. The van der Waals surface area contributed by atoms with Crippen molar-refractivity contribution in [2.24, 2.45) is 11.8 Å². The lowest BCUT2D eigenvalue weighted by Gasteiger charge is -2.35. The molecule has 3 unspecified atom stereocenters. The van der Waals surface area contributed by atoms with Crippen LogP contribution in [-0.4, -0.2) is 17.5 Å². The van der Waals surface area contributed by atoms with Gasteiger partial charge in [0, 0.05) is 27.4 Å². The zero-order valence-electron chi connectivity index (χ0n) is 14.6. The Bertz CT molecular complexity index is 860. The van der Waals surface area contributed by atoms with Gasteiger partial charge in [-0.2, -0.15) is 0 Å². The van der Waals surface area contributed by atoms with Gasteiger partial charge in [0.2, 0.25) is 0 Å². The number of ether oxygens (including phenoxy) is 1. The summed E-state index contributed by atoms with van der Waals surface area (Å²) in [7, 11) is 0. The summed E-state index contributed by atoms with van der Waals surface area (Å²) in [5.41, 5.74) is 1.30. The molecule has 2 aromatic rings. The van der Waals surface area contributed by atoms with Gasteiger partial charge in [-0.25, -0.2) is 0 Å². The molecule has 0 radical (unpaired) electrons. The van der Waals surface area contributed by atoms with E-state index in [1.165, 1.54) is 6.92 Å². The molecule has 26 heavy (non-hydrogen) atoms. The average molecular weight is 415 g/mol. The van der Waals surface area contributed by atoms with E-state index in [-0.39, 0.29) is 11.6 Å². The SMILES string of the molecule is CCC(C(=O)c1ccccc1)C1c2cc(Br)ccc2OC(=O)C1C(C)=O. The number of fused-ring (bicyclic) bond motifs is 1. The molecule has 0 aromatic heterocycles. The van der Waals surface area contributed by atoms with Crippen molar-refractivity contribution in [3.8, 4) is 5.75 Å². The first-order valence-electron chi connectivity index (χ1n) is 8.55. The van der Waals surface area contributed by atoms with Crippen LogP contribution in [0.2, 0.25) is 0 Å². The molecule has 0 saturated heterocycles. The Balaban J connectivity index is 2.14. The van der Waals surface area contributed by atoms with Gasteiger partial charge in [0.15, 0.2) is 5.78 Å². The second kappa shape index (κ2) is 7.54. The van der Waals surface area contributed by atoms with Crippen LogP contribution < -0.4 is 4.74 Å². The molecule has 134 valence electrons. The number of halogens is 1. The molecule has 4 nitrogen and oxygen atoms in total. The lowest BCUT2D eigenvalue weighted by Crippen LogP contribution is -2.41. The Morgan fingerprint density at radius 3 is 2.46 bits per heavy atom. The molecule has 0 amide bonds. The van der Waals surface area contributed by atoms with E-state index in [2.05, 4.69) is 15.9 Å². The number of carbonyl (C=O) groups is 3. The van der Waals surface area contributed by atoms with E-state index in [4.69, 9.17) is 4.74 Å². The van der Waals surface area contributed by atoms with Gasteiger partial charge in [-0.15, -0.1) is 0 Å². The minimum absolute atomic E-state index is 0.0648. The minimum atomic E-state index is -0.977. The fourth-order valence-electron chi connectivity index (χ4n) is 3.66. The highest BCUT2D eigenvalue weighted by Crippen LogP contribution is 2.45. The van der Waals surface area contributed by atoms with Crippen molar-refractivity contribution in [2.45, 2.75) is 26.2 Å². The summed E-state index contributed by atoms with van der Waals surface area (Å²) in [6, 6.07) is 14.3. The van der Waals surface area contributed by atoms with E-state index < -0.39 is 23.7 Å². The second-order valence-corrected chi connectivity index (χ2v) is 7.38. The fourth-order valence-corrected chi connectivity index (χ4v) is 4.04. The maximum Gasteiger partial charge on any atom is 0.322 e. The number of hydrogen-bond donors (Lipinski definition) is 0. The molecule has 3 rings (SSSR count). The van der Waals surface area contributed by atoms with Crippen LogP contribution in [0.4, 0.5) is 0 Å². The molecule has 1 heterocycles. The van der Waals surface area contributed by atoms with E-state index in [1.807, 2.05) is 31.2 Å². The Kier molecular flexibility index (Phi) is 5.37. The average Bonchev–Trinajstić information content (AvgIpc) is 2.63. The molecule has 0 spiro atoms. The normalized spacial score (nSPS) is 20.0. The molecule has 0 aliphatic carbocycles. The number of hydrogen-bond acceptors (Lipinski definition) is 4. The molecule has 0 N–H and O–H groups in total. The summed E-state index contributed by atoms with van der Waals surface area (Å²) >= 11 is 3.43.